The van der Waals surface area contributed by atoms with E-state index in [2.05, 4.69) is 10.3 Å². The van der Waals surface area contributed by atoms with Gasteiger partial charge < -0.3 is 19.2 Å². The lowest BCUT2D eigenvalue weighted by molar-refractivity contribution is -0.116. The molecule has 0 atom stereocenters. The van der Waals surface area contributed by atoms with Crippen LogP contribution < -0.4 is 14.8 Å². The van der Waals surface area contributed by atoms with Crippen molar-refractivity contribution in [2.75, 3.05) is 6.79 Å². The van der Waals surface area contributed by atoms with Gasteiger partial charge in [0.15, 0.2) is 11.5 Å². The maximum absolute atomic E-state index is 12.0. The van der Waals surface area contributed by atoms with Crippen LogP contribution in [0.25, 0.3) is 17.3 Å². The van der Waals surface area contributed by atoms with Gasteiger partial charge in [-0.2, -0.15) is 0 Å². The summed E-state index contributed by atoms with van der Waals surface area (Å²) in [6.45, 7) is 0.638. The predicted molar refractivity (Wildman–Crippen MR) is 95.4 cm³/mol. The van der Waals surface area contributed by atoms with Gasteiger partial charge in [-0.05, 0) is 41.5 Å². The van der Waals surface area contributed by atoms with Crippen LogP contribution in [-0.2, 0) is 11.3 Å². The SMILES string of the molecule is O=C(/C=C/c1ccc2c(c1)OCO2)NCc1ccc(-c2ccoc2)nc1. The van der Waals surface area contributed by atoms with E-state index >= 15 is 0 Å². The highest BCUT2D eigenvalue weighted by Crippen LogP contribution is 2.32. The third-order valence-corrected chi connectivity index (χ3v) is 3.93. The molecule has 2 aromatic heterocycles. The van der Waals surface area contributed by atoms with Gasteiger partial charge in [0.2, 0.25) is 12.7 Å². The Hall–Kier alpha value is -3.54. The molecule has 0 spiro atoms. The van der Waals surface area contributed by atoms with E-state index in [-0.39, 0.29) is 12.7 Å². The number of carbonyl (C=O) groups is 1. The van der Waals surface area contributed by atoms with Crippen molar-refractivity contribution in [3.63, 3.8) is 0 Å². The minimum absolute atomic E-state index is 0.179. The highest BCUT2D eigenvalue weighted by atomic mass is 16.7. The molecule has 0 radical (unpaired) electrons. The van der Waals surface area contributed by atoms with Crippen molar-refractivity contribution < 1.29 is 18.7 Å². The van der Waals surface area contributed by atoms with Crippen molar-refractivity contribution in [1.29, 1.82) is 0 Å². The Kier molecular flexibility index (Phi) is 4.38. The number of hydrogen-bond acceptors (Lipinski definition) is 5. The zero-order valence-electron chi connectivity index (χ0n) is 13.8. The van der Waals surface area contributed by atoms with Crippen LogP contribution in [-0.4, -0.2) is 17.7 Å². The monoisotopic (exact) mass is 348 g/mol. The van der Waals surface area contributed by atoms with Gasteiger partial charge in [0, 0.05) is 24.4 Å². The van der Waals surface area contributed by atoms with Gasteiger partial charge in [-0.1, -0.05) is 12.1 Å². The average Bonchev–Trinajstić information content (AvgIpc) is 3.36. The molecule has 6 nitrogen and oxygen atoms in total. The zero-order valence-corrected chi connectivity index (χ0v) is 13.8. The Morgan fingerprint density at radius 2 is 2.08 bits per heavy atom. The molecule has 0 aliphatic carbocycles. The van der Waals surface area contributed by atoms with E-state index in [0.29, 0.717) is 12.3 Å². The van der Waals surface area contributed by atoms with E-state index in [4.69, 9.17) is 13.9 Å². The summed E-state index contributed by atoms with van der Waals surface area (Å²) in [6.07, 6.45) is 8.22. The molecule has 3 aromatic rings. The lowest BCUT2D eigenvalue weighted by Crippen LogP contribution is -2.20. The molecule has 0 saturated carbocycles. The van der Waals surface area contributed by atoms with E-state index in [1.807, 2.05) is 36.4 Å². The van der Waals surface area contributed by atoms with Gasteiger partial charge in [-0.25, -0.2) is 0 Å². The number of nitrogens with one attached hydrogen (secondary N) is 1. The third-order valence-electron chi connectivity index (χ3n) is 3.93. The molecular weight excluding hydrogens is 332 g/mol. The van der Waals surface area contributed by atoms with E-state index < -0.39 is 0 Å². The number of hydrogen-bond donors (Lipinski definition) is 1. The van der Waals surface area contributed by atoms with Gasteiger partial charge in [-0.3, -0.25) is 9.78 Å². The Labute approximate surface area is 150 Å². The Morgan fingerprint density at radius 1 is 1.15 bits per heavy atom. The zero-order chi connectivity index (χ0) is 17.8. The highest BCUT2D eigenvalue weighted by molar-refractivity contribution is 5.91. The Balaban J connectivity index is 1.32. The van der Waals surface area contributed by atoms with Gasteiger partial charge >= 0.3 is 0 Å². The summed E-state index contributed by atoms with van der Waals surface area (Å²) in [5.74, 6) is 1.23. The number of pyridine rings is 1. The fourth-order valence-electron chi connectivity index (χ4n) is 2.55. The van der Waals surface area contributed by atoms with Crippen molar-refractivity contribution in [2.45, 2.75) is 6.54 Å². The molecule has 1 aliphatic rings. The third kappa shape index (κ3) is 3.59. The molecule has 0 bridgehead atoms. The smallest absolute Gasteiger partial charge is 0.244 e. The number of benzene rings is 1. The number of fused-ring (bicyclic) bond motifs is 1. The summed E-state index contributed by atoms with van der Waals surface area (Å²) in [7, 11) is 0. The largest absolute Gasteiger partial charge is 0.472 e. The molecule has 1 aliphatic heterocycles. The van der Waals surface area contributed by atoms with Gasteiger partial charge in [0.1, 0.15) is 0 Å². The van der Waals surface area contributed by atoms with E-state index in [9.17, 15) is 4.79 Å². The summed E-state index contributed by atoms with van der Waals surface area (Å²) in [6, 6.07) is 11.2. The summed E-state index contributed by atoms with van der Waals surface area (Å²) in [5.41, 5.74) is 3.54. The van der Waals surface area contributed by atoms with Crippen molar-refractivity contribution in [3.05, 3.63) is 72.3 Å². The van der Waals surface area contributed by atoms with Crippen LogP contribution in [0.2, 0.25) is 0 Å². The lowest BCUT2D eigenvalue weighted by atomic mass is 10.2. The molecule has 6 heteroatoms. The van der Waals surface area contributed by atoms with E-state index in [1.165, 1.54) is 6.08 Å². The maximum atomic E-state index is 12.0. The fourth-order valence-corrected chi connectivity index (χ4v) is 2.55. The first-order valence-electron chi connectivity index (χ1n) is 8.11. The number of amides is 1. The van der Waals surface area contributed by atoms with Crippen molar-refractivity contribution >= 4 is 12.0 Å². The van der Waals surface area contributed by atoms with E-state index in [0.717, 1.165) is 28.1 Å². The average molecular weight is 348 g/mol. The van der Waals surface area contributed by atoms with Crippen LogP contribution in [0, 0.1) is 0 Å². The summed E-state index contributed by atoms with van der Waals surface area (Å²) in [5, 5.41) is 2.84. The predicted octanol–water partition coefficient (Wildman–Crippen LogP) is 3.40. The molecule has 4 rings (SSSR count). The van der Waals surface area contributed by atoms with Crippen LogP contribution in [0.5, 0.6) is 11.5 Å². The first kappa shape index (κ1) is 16.0. The van der Waals surface area contributed by atoms with Gasteiger partial charge in [-0.15, -0.1) is 0 Å². The van der Waals surface area contributed by atoms with Crippen molar-refractivity contribution in [1.82, 2.24) is 10.3 Å². The number of nitrogens with zero attached hydrogens (tertiary/aromatic N) is 1. The maximum Gasteiger partial charge on any atom is 0.244 e. The second-order valence-electron chi connectivity index (χ2n) is 5.73. The number of ether oxygens (including phenoxy) is 2. The molecule has 1 aromatic carbocycles. The molecule has 1 amide bonds. The standard InChI is InChI=1S/C20H16N2O4/c23-20(6-3-14-2-5-18-19(9-14)26-13-25-18)22-11-15-1-4-17(21-10-15)16-7-8-24-12-16/h1-10,12H,11,13H2,(H,22,23)/b6-3+. The summed E-state index contributed by atoms with van der Waals surface area (Å²) in [4.78, 5) is 16.4. The molecule has 1 N–H and O–H groups in total. The first-order chi connectivity index (χ1) is 12.8. The minimum atomic E-state index is -0.179. The second kappa shape index (κ2) is 7.14. The van der Waals surface area contributed by atoms with Crippen LogP contribution in [0.4, 0.5) is 0 Å². The molecule has 130 valence electrons. The molecule has 0 fully saturated rings. The summed E-state index contributed by atoms with van der Waals surface area (Å²) >= 11 is 0. The van der Waals surface area contributed by atoms with Crippen LogP contribution in [0.1, 0.15) is 11.1 Å². The van der Waals surface area contributed by atoms with Crippen LogP contribution in [0.15, 0.2) is 65.6 Å². The van der Waals surface area contributed by atoms with Crippen LogP contribution in [0.3, 0.4) is 0 Å². The Morgan fingerprint density at radius 3 is 2.88 bits per heavy atom. The molecule has 3 heterocycles. The fraction of sp³-hybridized carbons (Fsp3) is 0.100. The number of rotatable bonds is 5. The number of aromatic nitrogens is 1. The van der Waals surface area contributed by atoms with Crippen molar-refractivity contribution in [2.24, 2.45) is 0 Å². The lowest BCUT2D eigenvalue weighted by Gasteiger charge is -2.03. The normalized spacial score (nSPS) is 12.5. The second-order valence-corrected chi connectivity index (χ2v) is 5.73. The minimum Gasteiger partial charge on any atom is -0.472 e. The number of carbonyl (C=O) groups excluding carboxylic acids is 1. The molecule has 0 saturated heterocycles. The number of furan rings is 1. The van der Waals surface area contributed by atoms with Crippen molar-refractivity contribution in [3.8, 4) is 22.8 Å². The highest BCUT2D eigenvalue weighted by Gasteiger charge is 2.12. The summed E-state index contributed by atoms with van der Waals surface area (Å²) < 4.78 is 15.6. The first-order valence-corrected chi connectivity index (χ1v) is 8.11. The van der Waals surface area contributed by atoms with Crippen LogP contribution >= 0.6 is 0 Å². The van der Waals surface area contributed by atoms with Gasteiger partial charge in [0.05, 0.1) is 18.2 Å². The molecule has 26 heavy (non-hydrogen) atoms. The topological polar surface area (TPSA) is 73.6 Å². The molecule has 0 unspecified atom stereocenters. The van der Waals surface area contributed by atoms with E-state index in [1.54, 1.807) is 24.8 Å². The quantitative estimate of drug-likeness (QED) is 0.716. The molecular formula is C20H16N2O4. The van der Waals surface area contributed by atoms with Gasteiger partial charge in [0.25, 0.3) is 0 Å². The Bertz CT molecular complexity index is 931.